The monoisotopic (exact) mass is 403 g/mol. The number of ketones is 1. The summed E-state index contributed by atoms with van der Waals surface area (Å²) < 4.78 is 7.29. The minimum absolute atomic E-state index is 0.280. The van der Waals surface area contributed by atoms with Crippen molar-refractivity contribution in [2.24, 2.45) is 0 Å². The van der Waals surface area contributed by atoms with E-state index in [9.17, 15) is 4.79 Å². The number of ether oxygens (including phenoxy) is 1. The van der Waals surface area contributed by atoms with Crippen molar-refractivity contribution in [3.63, 3.8) is 0 Å². The molecule has 4 aromatic rings. The second kappa shape index (κ2) is 7.23. The van der Waals surface area contributed by atoms with Crippen LogP contribution in [0.25, 0.3) is 27.9 Å². The molecule has 1 fully saturated rings. The Hall–Kier alpha value is -3.22. The number of nitrogens with zero attached hydrogens (tertiary/aromatic N) is 4. The molecule has 7 heteroatoms. The lowest BCUT2D eigenvalue weighted by Crippen LogP contribution is -2.13. The lowest BCUT2D eigenvalue weighted by Gasteiger charge is -2.20. The second-order valence-electron chi connectivity index (χ2n) is 8.34. The molecule has 0 bridgehead atoms. The standard InChI is InChI=1S/C23H25N5O2/c1-13(2)20-21(15-10-19(30-3)23-24-12-25-28(23)11-15)27-18-9-8-17(26-22(18)20)14-4-6-16(29)7-5-14/h8-14,27H,4-7H2,1-3H3. The van der Waals surface area contributed by atoms with E-state index in [1.807, 2.05) is 12.3 Å². The molecule has 1 aliphatic rings. The Morgan fingerprint density at radius 3 is 2.77 bits per heavy atom. The first-order valence-electron chi connectivity index (χ1n) is 10.5. The van der Waals surface area contributed by atoms with Crippen molar-refractivity contribution in [1.29, 1.82) is 0 Å². The van der Waals surface area contributed by atoms with Crippen LogP contribution in [0.4, 0.5) is 0 Å². The minimum Gasteiger partial charge on any atom is -0.493 e. The Kier molecular flexibility index (Phi) is 4.53. The van der Waals surface area contributed by atoms with Crippen LogP contribution in [0.1, 0.15) is 62.6 Å². The Morgan fingerprint density at radius 1 is 1.23 bits per heavy atom. The van der Waals surface area contributed by atoms with Crippen molar-refractivity contribution < 1.29 is 9.53 Å². The SMILES string of the molecule is COc1cc(-c2[nH]c3ccc(C4CCC(=O)CC4)nc3c2C(C)C)cn2ncnc12. The predicted octanol–water partition coefficient (Wildman–Crippen LogP) is 4.63. The van der Waals surface area contributed by atoms with Gasteiger partial charge in [0.15, 0.2) is 11.4 Å². The highest BCUT2D eigenvalue weighted by molar-refractivity contribution is 5.89. The summed E-state index contributed by atoms with van der Waals surface area (Å²) in [7, 11) is 1.64. The zero-order valence-electron chi connectivity index (χ0n) is 17.5. The van der Waals surface area contributed by atoms with Crippen molar-refractivity contribution >= 4 is 22.5 Å². The van der Waals surface area contributed by atoms with E-state index in [2.05, 4.69) is 41.0 Å². The average molecular weight is 403 g/mol. The molecule has 1 N–H and O–H groups in total. The van der Waals surface area contributed by atoms with E-state index in [4.69, 9.17) is 9.72 Å². The van der Waals surface area contributed by atoms with E-state index in [0.717, 1.165) is 40.8 Å². The van der Waals surface area contributed by atoms with Gasteiger partial charge >= 0.3 is 0 Å². The molecule has 1 saturated carbocycles. The molecule has 0 aliphatic heterocycles. The summed E-state index contributed by atoms with van der Waals surface area (Å²) in [6.07, 6.45) is 6.61. The fourth-order valence-corrected chi connectivity index (χ4v) is 4.54. The summed E-state index contributed by atoms with van der Waals surface area (Å²) in [5, 5.41) is 4.29. The molecule has 0 saturated heterocycles. The van der Waals surface area contributed by atoms with Crippen LogP contribution >= 0.6 is 0 Å². The Balaban J connectivity index is 1.66. The summed E-state index contributed by atoms with van der Waals surface area (Å²) in [4.78, 5) is 24.6. The predicted molar refractivity (Wildman–Crippen MR) is 115 cm³/mol. The molecule has 1 aliphatic carbocycles. The third-order valence-electron chi connectivity index (χ3n) is 6.09. The number of hydrogen-bond acceptors (Lipinski definition) is 5. The quantitative estimate of drug-likeness (QED) is 0.537. The first-order valence-corrected chi connectivity index (χ1v) is 10.5. The lowest BCUT2D eigenvalue weighted by atomic mass is 9.86. The number of methoxy groups -OCH3 is 1. The highest BCUT2D eigenvalue weighted by Crippen LogP contribution is 2.38. The average Bonchev–Trinajstić information content (AvgIpc) is 3.37. The van der Waals surface area contributed by atoms with Gasteiger partial charge in [0.05, 0.1) is 23.8 Å². The van der Waals surface area contributed by atoms with E-state index in [0.29, 0.717) is 35.9 Å². The number of carbonyl (C=O) groups excluding carboxylic acids is 1. The third-order valence-corrected chi connectivity index (χ3v) is 6.09. The lowest BCUT2D eigenvalue weighted by molar-refractivity contribution is -0.120. The zero-order valence-corrected chi connectivity index (χ0v) is 17.5. The molecule has 0 unspecified atom stereocenters. The molecule has 4 aromatic heterocycles. The van der Waals surface area contributed by atoms with E-state index in [-0.39, 0.29) is 5.92 Å². The summed E-state index contributed by atoms with van der Waals surface area (Å²) in [5.41, 5.74) is 6.99. The van der Waals surface area contributed by atoms with Gasteiger partial charge in [0.25, 0.3) is 0 Å². The molecule has 7 nitrogen and oxygen atoms in total. The molecule has 0 atom stereocenters. The molecule has 30 heavy (non-hydrogen) atoms. The molecule has 0 amide bonds. The van der Waals surface area contributed by atoms with Gasteiger partial charge in [-0.2, -0.15) is 5.10 Å². The number of carbonyl (C=O) groups is 1. The van der Waals surface area contributed by atoms with E-state index < -0.39 is 0 Å². The number of nitrogens with one attached hydrogen (secondary N) is 1. The van der Waals surface area contributed by atoms with E-state index in [1.165, 1.54) is 11.9 Å². The molecular weight excluding hydrogens is 378 g/mol. The summed E-state index contributed by atoms with van der Waals surface area (Å²) in [5.74, 6) is 1.69. The number of H-pyrrole nitrogens is 1. The maximum atomic E-state index is 11.6. The van der Waals surface area contributed by atoms with Crippen molar-refractivity contribution in [1.82, 2.24) is 24.6 Å². The first-order chi connectivity index (χ1) is 14.5. The van der Waals surface area contributed by atoms with E-state index in [1.54, 1.807) is 11.6 Å². The van der Waals surface area contributed by atoms with Crippen LogP contribution in [-0.2, 0) is 4.79 Å². The normalized spacial score (nSPS) is 15.5. The van der Waals surface area contributed by atoms with Gasteiger partial charge in [0.2, 0.25) is 0 Å². The van der Waals surface area contributed by atoms with Gasteiger partial charge in [0, 0.05) is 41.8 Å². The van der Waals surface area contributed by atoms with Crippen LogP contribution in [0.3, 0.4) is 0 Å². The molecule has 0 aromatic carbocycles. The molecule has 4 heterocycles. The van der Waals surface area contributed by atoms with Crippen molar-refractivity contribution in [2.45, 2.75) is 51.4 Å². The first kappa shape index (κ1) is 18.8. The number of pyridine rings is 2. The molecule has 154 valence electrons. The molecule has 5 rings (SSSR count). The summed E-state index contributed by atoms with van der Waals surface area (Å²) >= 11 is 0. The van der Waals surface area contributed by atoms with Gasteiger partial charge < -0.3 is 9.72 Å². The number of aromatic nitrogens is 5. The van der Waals surface area contributed by atoms with Crippen LogP contribution in [0.15, 0.2) is 30.7 Å². The van der Waals surface area contributed by atoms with Crippen molar-refractivity contribution in [2.75, 3.05) is 7.11 Å². The topological polar surface area (TPSA) is 85.2 Å². The van der Waals surface area contributed by atoms with Crippen molar-refractivity contribution in [3.8, 4) is 17.0 Å². The zero-order chi connectivity index (χ0) is 20.8. The van der Waals surface area contributed by atoms with E-state index >= 15 is 0 Å². The molecule has 0 radical (unpaired) electrons. The van der Waals surface area contributed by atoms with Crippen molar-refractivity contribution in [3.05, 3.63) is 42.0 Å². The summed E-state index contributed by atoms with van der Waals surface area (Å²) in [6, 6.07) is 6.22. The van der Waals surface area contributed by atoms with Gasteiger partial charge in [-0.3, -0.25) is 9.78 Å². The minimum atomic E-state index is 0.280. The smallest absolute Gasteiger partial charge is 0.197 e. The molecular formula is C23H25N5O2. The van der Waals surface area contributed by atoms with Crippen LogP contribution in [0.2, 0.25) is 0 Å². The Morgan fingerprint density at radius 2 is 2.03 bits per heavy atom. The van der Waals surface area contributed by atoms with Gasteiger partial charge in [-0.05, 0) is 37.0 Å². The number of fused-ring (bicyclic) bond motifs is 2. The molecule has 0 spiro atoms. The highest BCUT2D eigenvalue weighted by Gasteiger charge is 2.24. The third kappa shape index (κ3) is 3.05. The Labute approximate surface area is 174 Å². The fraction of sp³-hybridized carbons (Fsp3) is 0.391. The summed E-state index contributed by atoms with van der Waals surface area (Å²) in [6.45, 7) is 4.37. The van der Waals surface area contributed by atoms with Gasteiger partial charge in [0.1, 0.15) is 12.1 Å². The van der Waals surface area contributed by atoms with Crippen LogP contribution in [0, 0.1) is 0 Å². The Bertz CT molecular complexity index is 1240. The fourth-order valence-electron chi connectivity index (χ4n) is 4.54. The van der Waals surface area contributed by atoms with Gasteiger partial charge in [-0.25, -0.2) is 9.50 Å². The number of hydrogen-bond donors (Lipinski definition) is 1. The van der Waals surface area contributed by atoms with Gasteiger partial charge in [-0.15, -0.1) is 0 Å². The van der Waals surface area contributed by atoms with Gasteiger partial charge in [-0.1, -0.05) is 13.8 Å². The number of rotatable bonds is 4. The maximum Gasteiger partial charge on any atom is 0.197 e. The van der Waals surface area contributed by atoms with Crippen LogP contribution < -0.4 is 4.74 Å². The van der Waals surface area contributed by atoms with Crippen LogP contribution in [0.5, 0.6) is 5.75 Å². The second-order valence-corrected chi connectivity index (χ2v) is 8.34. The van der Waals surface area contributed by atoms with Crippen LogP contribution in [-0.4, -0.2) is 37.5 Å². The maximum absolute atomic E-state index is 11.6. The highest BCUT2D eigenvalue weighted by atomic mass is 16.5. The number of Topliss-reactive ketones (excluding diaryl/α,β-unsaturated/α-hetero) is 1. The largest absolute Gasteiger partial charge is 0.493 e. The number of aromatic amines is 1.